The van der Waals surface area contributed by atoms with Crippen molar-refractivity contribution in [3.05, 3.63) is 0 Å². The zero-order valence-electron chi connectivity index (χ0n) is 12.3. The Hall–Kier alpha value is -1.28. The molecule has 7 nitrogen and oxygen atoms in total. The van der Waals surface area contributed by atoms with E-state index in [1.807, 2.05) is 6.26 Å². The zero-order chi connectivity index (χ0) is 15.8. The van der Waals surface area contributed by atoms with Crippen LogP contribution in [0.5, 0.6) is 0 Å². The van der Waals surface area contributed by atoms with E-state index in [2.05, 4.69) is 16.0 Å². The molecule has 1 saturated heterocycles. The van der Waals surface area contributed by atoms with E-state index in [0.717, 1.165) is 19.4 Å². The number of hydrogen-bond acceptors (Lipinski definition) is 5. The minimum atomic E-state index is -1.06. The van der Waals surface area contributed by atoms with Gasteiger partial charge in [-0.1, -0.05) is 0 Å². The number of rotatable bonds is 8. The van der Waals surface area contributed by atoms with E-state index in [1.165, 1.54) is 11.8 Å². The van der Waals surface area contributed by atoms with Crippen molar-refractivity contribution in [2.75, 3.05) is 18.6 Å². The first kappa shape index (κ1) is 17.8. The minimum Gasteiger partial charge on any atom is -0.480 e. The van der Waals surface area contributed by atoms with Crippen molar-refractivity contribution >= 4 is 29.5 Å². The number of thioether (sulfide) groups is 1. The molecule has 0 aromatic carbocycles. The van der Waals surface area contributed by atoms with Gasteiger partial charge in [0.2, 0.25) is 11.8 Å². The SMILES string of the molecule is CSCCC(NC(=O)C(C)NC(=O)C1CCCN1)C(=O)O. The highest BCUT2D eigenvalue weighted by atomic mass is 32.2. The normalized spacial score (nSPS) is 20.6. The fraction of sp³-hybridized carbons (Fsp3) is 0.769. The molecule has 0 saturated carbocycles. The van der Waals surface area contributed by atoms with Crippen LogP contribution in [0.2, 0.25) is 0 Å². The molecule has 0 bridgehead atoms. The molecule has 1 aliphatic rings. The average molecular weight is 317 g/mol. The molecule has 4 N–H and O–H groups in total. The van der Waals surface area contributed by atoms with Gasteiger partial charge < -0.3 is 21.1 Å². The molecular formula is C13H23N3O4S. The van der Waals surface area contributed by atoms with E-state index in [0.29, 0.717) is 12.2 Å². The Balaban J connectivity index is 2.44. The molecule has 21 heavy (non-hydrogen) atoms. The number of carboxylic acid groups (broad SMARTS) is 1. The predicted octanol–water partition coefficient (Wildman–Crippen LogP) is -0.434. The Morgan fingerprint density at radius 1 is 1.38 bits per heavy atom. The van der Waals surface area contributed by atoms with E-state index in [4.69, 9.17) is 5.11 Å². The second-order valence-corrected chi connectivity index (χ2v) is 6.05. The third-order valence-electron chi connectivity index (χ3n) is 3.35. The fourth-order valence-electron chi connectivity index (χ4n) is 2.08. The molecular weight excluding hydrogens is 294 g/mol. The second-order valence-electron chi connectivity index (χ2n) is 5.06. The van der Waals surface area contributed by atoms with E-state index in [-0.39, 0.29) is 11.9 Å². The third kappa shape index (κ3) is 5.92. The monoisotopic (exact) mass is 317 g/mol. The first-order chi connectivity index (χ1) is 9.95. The van der Waals surface area contributed by atoms with Crippen LogP contribution in [0, 0.1) is 0 Å². The number of carbonyl (C=O) groups is 3. The van der Waals surface area contributed by atoms with Crippen LogP contribution < -0.4 is 16.0 Å². The van der Waals surface area contributed by atoms with Crippen LogP contribution >= 0.6 is 11.8 Å². The van der Waals surface area contributed by atoms with Gasteiger partial charge in [0.15, 0.2) is 0 Å². The Morgan fingerprint density at radius 2 is 2.10 bits per heavy atom. The average Bonchev–Trinajstić information content (AvgIpc) is 2.96. The van der Waals surface area contributed by atoms with Gasteiger partial charge in [0.05, 0.1) is 6.04 Å². The summed E-state index contributed by atoms with van der Waals surface area (Å²) in [7, 11) is 0. The minimum absolute atomic E-state index is 0.217. The maximum absolute atomic E-state index is 12.0. The van der Waals surface area contributed by atoms with Gasteiger partial charge in [0.1, 0.15) is 12.1 Å². The van der Waals surface area contributed by atoms with Crippen molar-refractivity contribution < 1.29 is 19.5 Å². The summed E-state index contributed by atoms with van der Waals surface area (Å²) in [5.74, 6) is -1.11. The number of nitrogens with one attached hydrogen (secondary N) is 3. The molecule has 8 heteroatoms. The summed E-state index contributed by atoms with van der Waals surface area (Å²) in [5, 5.41) is 17.2. The molecule has 3 unspecified atom stereocenters. The van der Waals surface area contributed by atoms with Crippen molar-refractivity contribution in [3.63, 3.8) is 0 Å². The molecule has 3 atom stereocenters. The van der Waals surface area contributed by atoms with Gasteiger partial charge in [-0.25, -0.2) is 4.79 Å². The molecule has 0 radical (unpaired) electrons. The molecule has 120 valence electrons. The van der Waals surface area contributed by atoms with E-state index >= 15 is 0 Å². The maximum Gasteiger partial charge on any atom is 0.326 e. The van der Waals surface area contributed by atoms with E-state index < -0.39 is 24.0 Å². The first-order valence-electron chi connectivity index (χ1n) is 7.01. The Kier molecular flexibility index (Phi) is 7.52. The van der Waals surface area contributed by atoms with Crippen molar-refractivity contribution in [2.24, 2.45) is 0 Å². The number of aliphatic carboxylic acids is 1. The molecule has 0 aliphatic carbocycles. The van der Waals surface area contributed by atoms with Gasteiger partial charge in [-0.15, -0.1) is 0 Å². The van der Waals surface area contributed by atoms with Crippen LogP contribution in [0.1, 0.15) is 26.2 Å². The highest BCUT2D eigenvalue weighted by Crippen LogP contribution is 2.05. The lowest BCUT2D eigenvalue weighted by Gasteiger charge is -2.20. The van der Waals surface area contributed by atoms with Crippen molar-refractivity contribution in [1.29, 1.82) is 0 Å². The van der Waals surface area contributed by atoms with Gasteiger partial charge in [0.25, 0.3) is 0 Å². The highest BCUT2D eigenvalue weighted by molar-refractivity contribution is 7.98. The molecule has 0 aromatic heterocycles. The summed E-state index contributed by atoms with van der Waals surface area (Å²) in [6, 6.07) is -1.93. The Labute approximate surface area is 128 Å². The Morgan fingerprint density at radius 3 is 2.62 bits per heavy atom. The highest BCUT2D eigenvalue weighted by Gasteiger charge is 2.27. The van der Waals surface area contributed by atoms with Crippen LogP contribution in [-0.2, 0) is 14.4 Å². The molecule has 2 amide bonds. The van der Waals surface area contributed by atoms with Crippen molar-refractivity contribution in [2.45, 2.75) is 44.3 Å². The predicted molar refractivity (Wildman–Crippen MR) is 81.2 cm³/mol. The lowest BCUT2D eigenvalue weighted by Crippen LogP contribution is -2.53. The van der Waals surface area contributed by atoms with Crippen molar-refractivity contribution in [1.82, 2.24) is 16.0 Å². The topological polar surface area (TPSA) is 108 Å². The molecule has 0 spiro atoms. The summed E-state index contributed by atoms with van der Waals surface area (Å²) in [6.07, 6.45) is 3.92. The summed E-state index contributed by atoms with van der Waals surface area (Å²) >= 11 is 1.52. The quantitative estimate of drug-likeness (QED) is 0.484. The number of carboxylic acids is 1. The van der Waals surface area contributed by atoms with Gasteiger partial charge >= 0.3 is 5.97 Å². The largest absolute Gasteiger partial charge is 0.480 e. The smallest absolute Gasteiger partial charge is 0.326 e. The van der Waals surface area contributed by atoms with E-state index in [9.17, 15) is 14.4 Å². The summed E-state index contributed by atoms with van der Waals surface area (Å²) in [6.45, 7) is 2.35. The van der Waals surface area contributed by atoms with Crippen LogP contribution in [0.15, 0.2) is 0 Å². The maximum atomic E-state index is 12.0. The fourth-order valence-corrected chi connectivity index (χ4v) is 2.55. The lowest BCUT2D eigenvalue weighted by atomic mass is 10.2. The zero-order valence-corrected chi connectivity index (χ0v) is 13.2. The van der Waals surface area contributed by atoms with Crippen LogP contribution in [0.4, 0.5) is 0 Å². The van der Waals surface area contributed by atoms with Crippen LogP contribution in [0.3, 0.4) is 0 Å². The van der Waals surface area contributed by atoms with Gasteiger partial charge in [0, 0.05) is 0 Å². The van der Waals surface area contributed by atoms with Crippen molar-refractivity contribution in [3.8, 4) is 0 Å². The van der Waals surface area contributed by atoms with E-state index in [1.54, 1.807) is 6.92 Å². The molecule has 0 aromatic rings. The standard InChI is InChI=1S/C13H23N3O4S/c1-8(15-12(18)9-4-3-6-14-9)11(17)16-10(13(19)20)5-7-21-2/h8-10,14H,3-7H2,1-2H3,(H,15,18)(H,16,17)(H,19,20). The number of hydrogen-bond donors (Lipinski definition) is 4. The van der Waals surface area contributed by atoms with Gasteiger partial charge in [-0.2, -0.15) is 11.8 Å². The molecule has 1 rings (SSSR count). The molecule has 1 fully saturated rings. The number of amides is 2. The summed E-state index contributed by atoms with van der Waals surface area (Å²) < 4.78 is 0. The lowest BCUT2D eigenvalue weighted by molar-refractivity contribution is -0.142. The van der Waals surface area contributed by atoms with Crippen LogP contribution in [0.25, 0.3) is 0 Å². The third-order valence-corrected chi connectivity index (χ3v) is 4.00. The van der Waals surface area contributed by atoms with Crippen LogP contribution in [-0.4, -0.2) is 59.6 Å². The second kappa shape index (κ2) is 8.89. The first-order valence-corrected chi connectivity index (χ1v) is 8.41. The van der Waals surface area contributed by atoms with Gasteiger partial charge in [-0.3, -0.25) is 9.59 Å². The number of carbonyl (C=O) groups excluding carboxylic acids is 2. The van der Waals surface area contributed by atoms with Gasteiger partial charge in [-0.05, 0) is 44.7 Å². The molecule has 1 aliphatic heterocycles. The Bertz CT molecular complexity index is 386. The molecule has 1 heterocycles. The summed E-state index contributed by atoms with van der Waals surface area (Å²) in [4.78, 5) is 34.9. The summed E-state index contributed by atoms with van der Waals surface area (Å²) in [5.41, 5.74) is 0.